The van der Waals surface area contributed by atoms with Crippen LogP contribution in [0.3, 0.4) is 0 Å². The number of halogens is 1. The Morgan fingerprint density at radius 2 is 1.95 bits per heavy atom. The van der Waals surface area contributed by atoms with Gasteiger partial charge in [-0.15, -0.1) is 0 Å². The van der Waals surface area contributed by atoms with E-state index in [0.29, 0.717) is 11.6 Å². The molecule has 0 spiro atoms. The van der Waals surface area contributed by atoms with E-state index in [1.54, 1.807) is 7.11 Å². The molecule has 2 rings (SSSR count). The summed E-state index contributed by atoms with van der Waals surface area (Å²) in [5.74, 6) is 0.769. The van der Waals surface area contributed by atoms with Crippen molar-refractivity contribution in [2.45, 2.75) is 50.9 Å². The number of ether oxygens (including phenoxy) is 1. The summed E-state index contributed by atoms with van der Waals surface area (Å²) in [5, 5.41) is 0.702. The molecule has 1 fully saturated rings. The van der Waals surface area contributed by atoms with Crippen molar-refractivity contribution < 1.29 is 4.74 Å². The van der Waals surface area contributed by atoms with Gasteiger partial charge in [-0.2, -0.15) is 0 Å². The van der Waals surface area contributed by atoms with Gasteiger partial charge in [0.2, 0.25) is 0 Å². The predicted molar refractivity (Wildman–Crippen MR) is 81.2 cm³/mol. The predicted octanol–water partition coefficient (Wildman–Crippen LogP) is 4.07. The third-order valence-electron chi connectivity index (χ3n) is 4.53. The van der Waals surface area contributed by atoms with Gasteiger partial charge in [0.1, 0.15) is 5.75 Å². The molecule has 19 heavy (non-hydrogen) atoms. The molecule has 3 heteroatoms. The van der Waals surface area contributed by atoms with Crippen LogP contribution in [0.4, 0.5) is 0 Å². The van der Waals surface area contributed by atoms with Gasteiger partial charge in [0.25, 0.3) is 0 Å². The van der Waals surface area contributed by atoms with E-state index in [1.165, 1.54) is 43.2 Å². The van der Waals surface area contributed by atoms with Gasteiger partial charge in [-0.3, -0.25) is 0 Å². The van der Waals surface area contributed by atoms with Crippen LogP contribution in [-0.4, -0.2) is 13.7 Å². The first-order valence-electron chi connectivity index (χ1n) is 7.24. The highest BCUT2D eigenvalue weighted by atomic mass is 35.5. The van der Waals surface area contributed by atoms with Crippen molar-refractivity contribution in [2.24, 2.45) is 5.73 Å². The quantitative estimate of drug-likeness (QED) is 0.903. The van der Waals surface area contributed by atoms with E-state index >= 15 is 0 Å². The van der Waals surface area contributed by atoms with E-state index in [9.17, 15) is 0 Å². The SMILES string of the molecule is CCc1cc(OC)c(Cl)cc1C1(CN)CCCCC1. The van der Waals surface area contributed by atoms with Crippen molar-refractivity contribution in [3.63, 3.8) is 0 Å². The lowest BCUT2D eigenvalue weighted by molar-refractivity contribution is 0.298. The molecule has 0 aliphatic heterocycles. The fourth-order valence-electron chi connectivity index (χ4n) is 3.35. The van der Waals surface area contributed by atoms with E-state index in [1.807, 2.05) is 0 Å². The molecule has 0 radical (unpaired) electrons. The second kappa shape index (κ2) is 6.15. The summed E-state index contributed by atoms with van der Waals surface area (Å²) < 4.78 is 5.33. The van der Waals surface area contributed by atoms with Gasteiger partial charge in [0.15, 0.2) is 0 Å². The summed E-state index contributed by atoms with van der Waals surface area (Å²) >= 11 is 6.33. The summed E-state index contributed by atoms with van der Waals surface area (Å²) in [5.41, 5.74) is 8.94. The number of hydrogen-bond donors (Lipinski definition) is 1. The summed E-state index contributed by atoms with van der Waals surface area (Å²) in [6.07, 6.45) is 7.21. The summed E-state index contributed by atoms with van der Waals surface area (Å²) in [6, 6.07) is 4.18. The lowest BCUT2D eigenvalue weighted by Gasteiger charge is -2.38. The zero-order chi connectivity index (χ0) is 13.9. The highest BCUT2D eigenvalue weighted by molar-refractivity contribution is 6.32. The molecular formula is C16H24ClNO. The number of rotatable bonds is 4. The standard InChI is InChI=1S/C16H24ClNO/c1-3-12-9-15(19-2)14(17)10-13(12)16(11-18)7-5-4-6-8-16/h9-10H,3-8,11,18H2,1-2H3. The monoisotopic (exact) mass is 281 g/mol. The molecule has 0 aromatic heterocycles. The van der Waals surface area contributed by atoms with Crippen LogP contribution in [0.5, 0.6) is 5.75 Å². The maximum absolute atomic E-state index is 6.33. The lowest BCUT2D eigenvalue weighted by atomic mass is 9.68. The van der Waals surface area contributed by atoms with Crippen molar-refractivity contribution in [2.75, 3.05) is 13.7 Å². The Hall–Kier alpha value is -0.730. The second-order valence-electron chi connectivity index (χ2n) is 5.54. The molecule has 0 heterocycles. The van der Waals surface area contributed by atoms with Crippen molar-refractivity contribution in [1.82, 2.24) is 0 Å². The lowest BCUT2D eigenvalue weighted by Crippen LogP contribution is -2.38. The minimum atomic E-state index is 0.125. The van der Waals surface area contributed by atoms with E-state index in [0.717, 1.165) is 12.2 Å². The number of hydrogen-bond acceptors (Lipinski definition) is 2. The average molecular weight is 282 g/mol. The molecule has 1 aliphatic carbocycles. The first-order chi connectivity index (χ1) is 9.16. The Balaban J connectivity index is 2.49. The summed E-state index contributed by atoms with van der Waals surface area (Å²) in [7, 11) is 1.67. The molecule has 1 aliphatic rings. The smallest absolute Gasteiger partial charge is 0.137 e. The van der Waals surface area contributed by atoms with Crippen LogP contribution >= 0.6 is 11.6 Å². The van der Waals surface area contributed by atoms with Gasteiger partial charge in [-0.1, -0.05) is 37.8 Å². The maximum Gasteiger partial charge on any atom is 0.137 e. The Labute approximate surface area is 121 Å². The molecule has 106 valence electrons. The topological polar surface area (TPSA) is 35.2 Å². The Morgan fingerprint density at radius 3 is 2.47 bits per heavy atom. The Bertz CT molecular complexity index is 439. The van der Waals surface area contributed by atoms with Crippen molar-refractivity contribution >= 4 is 11.6 Å². The molecule has 0 amide bonds. The normalized spacial score (nSPS) is 18.3. The zero-order valence-electron chi connectivity index (χ0n) is 12.0. The van der Waals surface area contributed by atoms with Gasteiger partial charge in [0, 0.05) is 12.0 Å². The number of nitrogens with two attached hydrogens (primary N) is 1. The molecule has 1 aromatic carbocycles. The highest BCUT2D eigenvalue weighted by Crippen LogP contribution is 2.43. The zero-order valence-corrected chi connectivity index (χ0v) is 12.7. The minimum Gasteiger partial charge on any atom is -0.495 e. The number of benzene rings is 1. The molecule has 2 nitrogen and oxygen atoms in total. The Kier molecular flexibility index (Phi) is 4.75. The fourth-order valence-corrected chi connectivity index (χ4v) is 3.59. The van der Waals surface area contributed by atoms with Crippen LogP contribution in [0.15, 0.2) is 12.1 Å². The first kappa shape index (κ1) is 14.7. The molecule has 0 atom stereocenters. The van der Waals surface area contributed by atoms with E-state index in [-0.39, 0.29) is 5.41 Å². The largest absolute Gasteiger partial charge is 0.495 e. The Morgan fingerprint density at radius 1 is 1.26 bits per heavy atom. The van der Waals surface area contributed by atoms with Gasteiger partial charge < -0.3 is 10.5 Å². The van der Waals surface area contributed by atoms with Crippen LogP contribution < -0.4 is 10.5 Å². The maximum atomic E-state index is 6.33. The van der Waals surface area contributed by atoms with Gasteiger partial charge >= 0.3 is 0 Å². The van der Waals surface area contributed by atoms with E-state index in [4.69, 9.17) is 22.1 Å². The summed E-state index contributed by atoms with van der Waals surface area (Å²) in [6.45, 7) is 2.89. The van der Waals surface area contributed by atoms with Crippen LogP contribution in [0, 0.1) is 0 Å². The van der Waals surface area contributed by atoms with Crippen LogP contribution in [0.25, 0.3) is 0 Å². The van der Waals surface area contributed by atoms with E-state index < -0.39 is 0 Å². The van der Waals surface area contributed by atoms with Crippen molar-refractivity contribution in [1.29, 1.82) is 0 Å². The van der Waals surface area contributed by atoms with Crippen LogP contribution in [-0.2, 0) is 11.8 Å². The second-order valence-corrected chi connectivity index (χ2v) is 5.95. The van der Waals surface area contributed by atoms with E-state index in [2.05, 4.69) is 19.1 Å². The fraction of sp³-hybridized carbons (Fsp3) is 0.625. The van der Waals surface area contributed by atoms with Crippen LogP contribution in [0.2, 0.25) is 5.02 Å². The molecular weight excluding hydrogens is 258 g/mol. The highest BCUT2D eigenvalue weighted by Gasteiger charge is 2.34. The summed E-state index contributed by atoms with van der Waals surface area (Å²) in [4.78, 5) is 0. The van der Waals surface area contributed by atoms with Crippen molar-refractivity contribution in [3.8, 4) is 5.75 Å². The van der Waals surface area contributed by atoms with Gasteiger partial charge in [-0.05, 0) is 42.5 Å². The third-order valence-corrected chi connectivity index (χ3v) is 4.83. The molecule has 0 bridgehead atoms. The minimum absolute atomic E-state index is 0.125. The molecule has 0 unspecified atom stereocenters. The molecule has 1 saturated carbocycles. The number of aryl methyl sites for hydroxylation is 1. The molecule has 1 aromatic rings. The average Bonchev–Trinajstić information content (AvgIpc) is 2.47. The first-order valence-corrected chi connectivity index (χ1v) is 7.61. The molecule has 0 saturated heterocycles. The van der Waals surface area contributed by atoms with Gasteiger partial charge in [0.05, 0.1) is 12.1 Å². The van der Waals surface area contributed by atoms with Crippen LogP contribution in [0.1, 0.15) is 50.2 Å². The third kappa shape index (κ3) is 2.75. The number of methoxy groups -OCH3 is 1. The molecule has 2 N–H and O–H groups in total. The van der Waals surface area contributed by atoms with Gasteiger partial charge in [-0.25, -0.2) is 0 Å². The van der Waals surface area contributed by atoms with Crippen molar-refractivity contribution in [3.05, 3.63) is 28.3 Å².